The van der Waals surface area contributed by atoms with Crippen LogP contribution in [0.25, 0.3) is 11.1 Å². The van der Waals surface area contributed by atoms with Crippen LogP contribution in [0.1, 0.15) is 45.8 Å². The number of benzene rings is 1. The second-order valence-electron chi connectivity index (χ2n) is 8.60. The molecule has 1 N–H and O–H groups in total. The van der Waals surface area contributed by atoms with E-state index in [-0.39, 0.29) is 10.7 Å². The van der Waals surface area contributed by atoms with E-state index in [4.69, 9.17) is 12.2 Å². The molecule has 1 aliphatic heterocycles. The minimum Gasteiger partial charge on any atom is -0.308 e. The zero-order valence-corrected chi connectivity index (χ0v) is 22.4. The van der Waals surface area contributed by atoms with Crippen molar-refractivity contribution in [1.29, 1.82) is 5.26 Å². The van der Waals surface area contributed by atoms with Gasteiger partial charge < -0.3 is 4.57 Å². The summed E-state index contributed by atoms with van der Waals surface area (Å²) in [6.45, 7) is 3.92. The van der Waals surface area contributed by atoms with Crippen LogP contribution in [0.3, 0.4) is 0 Å². The Labute approximate surface area is 221 Å². The van der Waals surface area contributed by atoms with Gasteiger partial charge in [0, 0.05) is 20.7 Å². The fourth-order valence-corrected chi connectivity index (χ4v) is 6.70. The average molecular weight is 566 g/mol. The minimum absolute atomic E-state index is 0.00718. The molecule has 0 atom stereocenters. The first-order valence-corrected chi connectivity index (χ1v) is 13.2. The largest absolute Gasteiger partial charge is 0.308 e. The fraction of sp³-hybridized carbons (Fsp3) is 0.231. The molecule has 176 valence electrons. The van der Waals surface area contributed by atoms with E-state index < -0.39 is 11.8 Å². The van der Waals surface area contributed by atoms with E-state index in [1.54, 1.807) is 29.5 Å². The van der Waals surface area contributed by atoms with Crippen molar-refractivity contribution < 1.29 is 9.59 Å². The summed E-state index contributed by atoms with van der Waals surface area (Å²) in [7, 11) is 0. The molecule has 0 spiro atoms. The molecule has 6 nitrogen and oxygen atoms in total. The lowest BCUT2D eigenvalue weighted by molar-refractivity contribution is -0.122. The Morgan fingerprint density at radius 3 is 2.60 bits per heavy atom. The minimum atomic E-state index is -0.525. The van der Waals surface area contributed by atoms with E-state index in [2.05, 4.69) is 31.9 Å². The Morgan fingerprint density at radius 1 is 1.17 bits per heavy atom. The van der Waals surface area contributed by atoms with Crippen molar-refractivity contribution >= 4 is 68.2 Å². The highest BCUT2D eigenvalue weighted by atomic mass is 79.9. The molecule has 5 rings (SSSR count). The predicted molar refractivity (Wildman–Crippen MR) is 145 cm³/mol. The van der Waals surface area contributed by atoms with Crippen LogP contribution in [-0.2, 0) is 22.4 Å². The van der Waals surface area contributed by atoms with E-state index in [1.165, 1.54) is 15.3 Å². The number of carbonyl (C=O) groups excluding carboxylic acids is 2. The summed E-state index contributed by atoms with van der Waals surface area (Å²) in [5.41, 5.74) is 5.05. The molecule has 0 saturated carbocycles. The number of halogens is 1. The summed E-state index contributed by atoms with van der Waals surface area (Å²) in [6.07, 6.45) is 5.81. The van der Waals surface area contributed by atoms with Gasteiger partial charge in [0.15, 0.2) is 5.11 Å². The Hall–Kier alpha value is -3.06. The highest BCUT2D eigenvalue weighted by Gasteiger charge is 2.35. The molecule has 2 aromatic heterocycles. The number of nitriles is 1. The maximum absolute atomic E-state index is 13.4. The molecule has 2 amide bonds. The third kappa shape index (κ3) is 4.05. The topological polar surface area (TPSA) is 78.1 Å². The standard InChI is InChI=1S/C26H21BrN4O2S2/c1-14-11-16(15(2)30(14)25-21(13-28)19-5-3-4-6-22(19)35-25)12-20-23(32)29-26(34)31(24(20)33)18-9-7-17(27)8-10-18/h7-12H,3-6H2,1-2H3,(H,29,32,34)/b20-12+. The number of hydrogen-bond acceptors (Lipinski definition) is 5. The molecule has 9 heteroatoms. The fourth-order valence-electron chi connectivity index (χ4n) is 4.71. The maximum atomic E-state index is 13.4. The number of anilines is 1. The van der Waals surface area contributed by atoms with Crippen LogP contribution in [0.15, 0.2) is 40.4 Å². The molecular formula is C26H21BrN4O2S2. The highest BCUT2D eigenvalue weighted by Crippen LogP contribution is 2.38. The molecule has 0 bridgehead atoms. The van der Waals surface area contributed by atoms with Crippen molar-refractivity contribution in [3.05, 3.63) is 73.3 Å². The number of rotatable bonds is 3. The summed E-state index contributed by atoms with van der Waals surface area (Å²) in [5, 5.41) is 13.5. The third-order valence-electron chi connectivity index (χ3n) is 6.42. The Bertz CT molecular complexity index is 1470. The van der Waals surface area contributed by atoms with E-state index in [0.717, 1.165) is 57.7 Å². The summed E-state index contributed by atoms with van der Waals surface area (Å²) >= 11 is 10.4. The maximum Gasteiger partial charge on any atom is 0.270 e. The predicted octanol–water partition coefficient (Wildman–Crippen LogP) is 5.50. The van der Waals surface area contributed by atoms with Gasteiger partial charge in [0.25, 0.3) is 11.8 Å². The first-order chi connectivity index (χ1) is 16.8. The van der Waals surface area contributed by atoms with Gasteiger partial charge in [-0.1, -0.05) is 15.9 Å². The van der Waals surface area contributed by atoms with Crippen molar-refractivity contribution in [2.75, 3.05) is 4.90 Å². The van der Waals surface area contributed by atoms with E-state index in [0.29, 0.717) is 5.69 Å². The van der Waals surface area contributed by atoms with E-state index in [9.17, 15) is 14.9 Å². The Morgan fingerprint density at radius 2 is 1.89 bits per heavy atom. The molecule has 1 fully saturated rings. The quantitative estimate of drug-likeness (QED) is 0.259. The molecule has 1 aliphatic carbocycles. The molecule has 0 radical (unpaired) electrons. The number of aromatic nitrogens is 1. The number of aryl methyl sites for hydroxylation is 2. The van der Waals surface area contributed by atoms with Gasteiger partial charge in [0.2, 0.25) is 0 Å². The van der Waals surface area contributed by atoms with E-state index >= 15 is 0 Å². The normalized spacial score (nSPS) is 16.9. The summed E-state index contributed by atoms with van der Waals surface area (Å²) in [5.74, 6) is -1.00. The summed E-state index contributed by atoms with van der Waals surface area (Å²) < 4.78 is 2.94. The van der Waals surface area contributed by atoms with Gasteiger partial charge in [0.05, 0.1) is 11.3 Å². The number of nitrogens with zero attached hydrogens (tertiary/aromatic N) is 3. The van der Waals surface area contributed by atoms with Crippen molar-refractivity contribution in [2.45, 2.75) is 39.5 Å². The van der Waals surface area contributed by atoms with Crippen molar-refractivity contribution in [2.24, 2.45) is 0 Å². The molecule has 1 saturated heterocycles. The number of fused-ring (bicyclic) bond motifs is 1. The van der Waals surface area contributed by atoms with Gasteiger partial charge in [-0.3, -0.25) is 19.8 Å². The van der Waals surface area contributed by atoms with Crippen molar-refractivity contribution in [3.8, 4) is 11.1 Å². The monoisotopic (exact) mass is 564 g/mol. The number of thiophene rings is 1. The summed E-state index contributed by atoms with van der Waals surface area (Å²) in [4.78, 5) is 28.8. The second-order valence-corrected chi connectivity index (χ2v) is 11.0. The molecule has 35 heavy (non-hydrogen) atoms. The molecular weight excluding hydrogens is 544 g/mol. The van der Waals surface area contributed by atoms with Crippen LogP contribution in [0, 0.1) is 25.2 Å². The smallest absolute Gasteiger partial charge is 0.270 e. The van der Waals surface area contributed by atoms with Gasteiger partial charge in [0.1, 0.15) is 16.6 Å². The summed E-state index contributed by atoms with van der Waals surface area (Å²) in [6, 6.07) is 11.5. The van der Waals surface area contributed by atoms with Gasteiger partial charge in [-0.05, 0) is 99.3 Å². The van der Waals surface area contributed by atoms with Crippen molar-refractivity contribution in [3.63, 3.8) is 0 Å². The van der Waals surface area contributed by atoms with E-state index in [1.807, 2.05) is 32.0 Å². The number of hydrogen-bond donors (Lipinski definition) is 1. The molecule has 1 aromatic carbocycles. The van der Waals surface area contributed by atoms with Crippen LogP contribution in [0.5, 0.6) is 0 Å². The lowest BCUT2D eigenvalue weighted by atomic mass is 9.96. The van der Waals surface area contributed by atoms with Crippen LogP contribution < -0.4 is 10.2 Å². The van der Waals surface area contributed by atoms with Crippen LogP contribution in [0.4, 0.5) is 5.69 Å². The number of thiocarbonyl (C=S) groups is 1. The lowest BCUT2D eigenvalue weighted by Gasteiger charge is -2.29. The number of amides is 2. The highest BCUT2D eigenvalue weighted by molar-refractivity contribution is 9.10. The number of nitrogens with one attached hydrogen (secondary N) is 1. The molecule has 3 heterocycles. The molecule has 2 aliphatic rings. The number of carbonyl (C=O) groups is 2. The van der Waals surface area contributed by atoms with Crippen LogP contribution in [-0.4, -0.2) is 21.5 Å². The second kappa shape index (κ2) is 9.19. The zero-order chi connectivity index (χ0) is 24.9. The Kier molecular flexibility index (Phi) is 6.21. The van der Waals surface area contributed by atoms with Crippen molar-refractivity contribution in [1.82, 2.24) is 9.88 Å². The third-order valence-corrected chi connectivity index (χ3v) is 8.51. The van der Waals surface area contributed by atoms with Gasteiger partial charge in [-0.2, -0.15) is 5.26 Å². The van der Waals surface area contributed by atoms with Gasteiger partial charge >= 0.3 is 0 Å². The first kappa shape index (κ1) is 23.7. The first-order valence-electron chi connectivity index (χ1n) is 11.2. The molecule has 0 unspecified atom stereocenters. The SMILES string of the molecule is Cc1cc(/C=C2\C(=O)NC(=S)N(c3ccc(Br)cc3)C2=O)c(C)n1-c1sc2c(c1C#N)CCCC2. The Balaban J connectivity index is 1.57. The zero-order valence-electron chi connectivity index (χ0n) is 19.1. The average Bonchev–Trinajstić information content (AvgIpc) is 3.33. The molecule has 3 aromatic rings. The lowest BCUT2D eigenvalue weighted by Crippen LogP contribution is -2.54. The van der Waals surface area contributed by atoms with Crippen LogP contribution in [0.2, 0.25) is 0 Å². The van der Waals surface area contributed by atoms with Crippen LogP contribution >= 0.6 is 39.5 Å². The van der Waals surface area contributed by atoms with Gasteiger partial charge in [-0.25, -0.2) is 0 Å². The van der Waals surface area contributed by atoms with Gasteiger partial charge in [-0.15, -0.1) is 11.3 Å².